The highest BCUT2D eigenvalue weighted by Gasteiger charge is 2.35. The lowest BCUT2D eigenvalue weighted by Gasteiger charge is -2.24. The van der Waals surface area contributed by atoms with Crippen LogP contribution in [0.2, 0.25) is 0 Å². The van der Waals surface area contributed by atoms with Crippen LogP contribution in [0.4, 0.5) is 11.4 Å². The van der Waals surface area contributed by atoms with E-state index < -0.39 is 11.9 Å². The number of amides is 1. The zero-order chi connectivity index (χ0) is 15.6. The molecule has 0 aliphatic carbocycles. The van der Waals surface area contributed by atoms with E-state index in [4.69, 9.17) is 5.11 Å². The fraction of sp³-hybridized carbons (Fsp3) is 0.500. The average molecular weight is 290 g/mol. The van der Waals surface area contributed by atoms with Gasteiger partial charge in [0.1, 0.15) is 0 Å². The summed E-state index contributed by atoms with van der Waals surface area (Å²) in [6, 6.07) is 5.98. The van der Waals surface area contributed by atoms with E-state index in [0.717, 1.165) is 30.0 Å². The maximum Gasteiger partial charge on any atom is 0.308 e. The number of rotatable bonds is 5. The van der Waals surface area contributed by atoms with Crippen LogP contribution in [0.1, 0.15) is 25.8 Å². The number of benzene rings is 1. The van der Waals surface area contributed by atoms with Gasteiger partial charge in [0.05, 0.1) is 5.92 Å². The molecule has 21 heavy (non-hydrogen) atoms. The van der Waals surface area contributed by atoms with Crippen LogP contribution in [0.3, 0.4) is 0 Å². The quantitative estimate of drug-likeness (QED) is 0.903. The number of carboxylic acid groups (broad SMARTS) is 1. The van der Waals surface area contributed by atoms with Crippen molar-refractivity contribution in [1.82, 2.24) is 0 Å². The van der Waals surface area contributed by atoms with Gasteiger partial charge in [0, 0.05) is 37.4 Å². The van der Waals surface area contributed by atoms with Gasteiger partial charge in [-0.3, -0.25) is 9.59 Å². The minimum Gasteiger partial charge on any atom is -0.481 e. The second kappa shape index (κ2) is 6.16. The van der Waals surface area contributed by atoms with Crippen molar-refractivity contribution in [3.8, 4) is 0 Å². The van der Waals surface area contributed by atoms with E-state index in [1.807, 2.05) is 19.1 Å². The number of nitrogens with zero attached hydrogens (tertiary/aromatic N) is 2. The highest BCUT2D eigenvalue weighted by Crippen LogP contribution is 2.30. The molecule has 5 nitrogen and oxygen atoms in total. The maximum atomic E-state index is 12.0. The lowest BCUT2D eigenvalue weighted by atomic mass is 10.1. The number of carbonyl (C=O) groups is 2. The summed E-state index contributed by atoms with van der Waals surface area (Å²) >= 11 is 0. The molecule has 1 aromatic rings. The molecule has 0 saturated carbocycles. The van der Waals surface area contributed by atoms with Crippen LogP contribution >= 0.6 is 0 Å². The zero-order valence-electron chi connectivity index (χ0n) is 12.8. The lowest BCUT2D eigenvalue weighted by molar-refractivity contribution is -0.141. The van der Waals surface area contributed by atoms with Crippen molar-refractivity contribution >= 4 is 23.3 Å². The number of carbonyl (C=O) groups excluding carboxylic acids is 1. The van der Waals surface area contributed by atoms with Crippen molar-refractivity contribution in [3.05, 3.63) is 23.8 Å². The molecule has 1 aromatic carbocycles. The molecule has 1 saturated heterocycles. The number of aliphatic carboxylic acids is 1. The Hall–Kier alpha value is -2.04. The summed E-state index contributed by atoms with van der Waals surface area (Å²) in [5.41, 5.74) is 2.95. The summed E-state index contributed by atoms with van der Waals surface area (Å²) in [7, 11) is 0. The molecule has 114 valence electrons. The third-order valence-corrected chi connectivity index (χ3v) is 4.07. The van der Waals surface area contributed by atoms with E-state index in [1.54, 1.807) is 4.90 Å². The second-order valence-corrected chi connectivity index (χ2v) is 5.39. The topological polar surface area (TPSA) is 60.9 Å². The van der Waals surface area contributed by atoms with Gasteiger partial charge in [0.25, 0.3) is 0 Å². The van der Waals surface area contributed by atoms with Crippen LogP contribution in [-0.2, 0) is 9.59 Å². The minimum absolute atomic E-state index is 0.0899. The summed E-state index contributed by atoms with van der Waals surface area (Å²) in [6.07, 6.45) is 0.0899. The molecule has 0 radical (unpaired) electrons. The van der Waals surface area contributed by atoms with Gasteiger partial charge in [-0.15, -0.1) is 0 Å². The van der Waals surface area contributed by atoms with E-state index in [1.165, 1.54) is 0 Å². The summed E-state index contributed by atoms with van der Waals surface area (Å²) < 4.78 is 0. The molecule has 1 aliphatic heterocycles. The van der Waals surface area contributed by atoms with Crippen molar-refractivity contribution in [2.75, 3.05) is 29.4 Å². The molecule has 0 unspecified atom stereocenters. The maximum absolute atomic E-state index is 12.0. The fourth-order valence-electron chi connectivity index (χ4n) is 2.83. The van der Waals surface area contributed by atoms with Gasteiger partial charge in [-0.05, 0) is 44.5 Å². The number of hydrogen-bond acceptors (Lipinski definition) is 3. The first kappa shape index (κ1) is 15.4. The molecule has 1 atom stereocenters. The van der Waals surface area contributed by atoms with E-state index >= 15 is 0 Å². The summed E-state index contributed by atoms with van der Waals surface area (Å²) in [5, 5.41) is 9.06. The Morgan fingerprint density at radius 2 is 2.05 bits per heavy atom. The Morgan fingerprint density at radius 1 is 1.38 bits per heavy atom. The van der Waals surface area contributed by atoms with Gasteiger partial charge in [0.2, 0.25) is 5.91 Å². The molecule has 1 fully saturated rings. The van der Waals surface area contributed by atoms with Crippen molar-refractivity contribution in [1.29, 1.82) is 0 Å². The van der Waals surface area contributed by atoms with Crippen LogP contribution < -0.4 is 9.80 Å². The number of anilines is 2. The van der Waals surface area contributed by atoms with Crippen molar-refractivity contribution in [2.45, 2.75) is 27.2 Å². The number of hydrogen-bond donors (Lipinski definition) is 1. The number of aryl methyl sites for hydroxylation is 1. The Morgan fingerprint density at radius 3 is 2.52 bits per heavy atom. The summed E-state index contributed by atoms with van der Waals surface area (Å²) in [4.78, 5) is 26.9. The van der Waals surface area contributed by atoms with E-state index in [2.05, 4.69) is 24.8 Å². The lowest BCUT2D eigenvalue weighted by Crippen LogP contribution is -2.27. The Kier molecular flexibility index (Phi) is 4.50. The van der Waals surface area contributed by atoms with Gasteiger partial charge in [0.15, 0.2) is 0 Å². The largest absolute Gasteiger partial charge is 0.481 e. The van der Waals surface area contributed by atoms with Crippen LogP contribution in [0.25, 0.3) is 0 Å². The van der Waals surface area contributed by atoms with Crippen LogP contribution in [0, 0.1) is 12.8 Å². The first-order valence-corrected chi connectivity index (χ1v) is 7.36. The number of carboxylic acids is 1. The highest BCUT2D eigenvalue weighted by atomic mass is 16.4. The second-order valence-electron chi connectivity index (χ2n) is 5.39. The average Bonchev–Trinajstić information content (AvgIpc) is 2.83. The molecule has 1 N–H and O–H groups in total. The molecular weight excluding hydrogens is 268 g/mol. The van der Waals surface area contributed by atoms with E-state index in [9.17, 15) is 9.59 Å². The molecule has 1 heterocycles. The van der Waals surface area contributed by atoms with Crippen molar-refractivity contribution in [3.63, 3.8) is 0 Å². The van der Waals surface area contributed by atoms with Gasteiger partial charge in [-0.25, -0.2) is 0 Å². The van der Waals surface area contributed by atoms with Gasteiger partial charge < -0.3 is 14.9 Å². The van der Waals surface area contributed by atoms with Gasteiger partial charge >= 0.3 is 5.97 Å². The molecule has 5 heteroatoms. The fourth-order valence-corrected chi connectivity index (χ4v) is 2.83. The van der Waals surface area contributed by atoms with Crippen molar-refractivity contribution in [2.24, 2.45) is 5.92 Å². The van der Waals surface area contributed by atoms with Gasteiger partial charge in [-0.2, -0.15) is 0 Å². The third-order valence-electron chi connectivity index (χ3n) is 4.07. The monoisotopic (exact) mass is 290 g/mol. The first-order chi connectivity index (χ1) is 9.97. The molecule has 0 aromatic heterocycles. The summed E-state index contributed by atoms with van der Waals surface area (Å²) in [5.74, 6) is -1.61. The minimum atomic E-state index is -0.900. The molecule has 2 rings (SSSR count). The molecular formula is C16H22N2O3. The van der Waals surface area contributed by atoms with E-state index in [0.29, 0.717) is 0 Å². The van der Waals surface area contributed by atoms with Crippen LogP contribution in [0.5, 0.6) is 0 Å². The van der Waals surface area contributed by atoms with E-state index in [-0.39, 0.29) is 18.9 Å². The Bertz CT molecular complexity index is 552. The van der Waals surface area contributed by atoms with Gasteiger partial charge in [-0.1, -0.05) is 0 Å². The standard InChI is InChI=1S/C16H22N2O3/c1-4-17(5-2)13-6-7-14(11(3)8-13)18-10-12(16(20)21)9-15(18)19/h6-8,12H,4-5,9-10H2,1-3H3,(H,20,21)/t12-/m0/s1. The van der Waals surface area contributed by atoms with Crippen LogP contribution in [0.15, 0.2) is 18.2 Å². The highest BCUT2D eigenvalue weighted by molar-refractivity contribution is 5.99. The molecule has 1 aliphatic rings. The normalized spacial score (nSPS) is 18.1. The third kappa shape index (κ3) is 3.01. The molecule has 0 bridgehead atoms. The zero-order valence-corrected chi connectivity index (χ0v) is 12.8. The summed E-state index contributed by atoms with van der Waals surface area (Å²) in [6.45, 7) is 8.30. The first-order valence-electron chi connectivity index (χ1n) is 7.36. The SMILES string of the molecule is CCN(CC)c1ccc(N2C[C@@H](C(=O)O)CC2=O)c(C)c1. The van der Waals surface area contributed by atoms with Crippen molar-refractivity contribution < 1.29 is 14.7 Å². The molecule has 1 amide bonds. The predicted octanol–water partition coefficient (Wildman–Crippen LogP) is 2.28. The van der Waals surface area contributed by atoms with Crippen LogP contribution in [-0.4, -0.2) is 36.6 Å². The Balaban J connectivity index is 2.25. The Labute approximate surface area is 125 Å². The predicted molar refractivity (Wildman–Crippen MR) is 82.8 cm³/mol. The smallest absolute Gasteiger partial charge is 0.308 e. The molecule has 0 spiro atoms.